The van der Waals surface area contributed by atoms with E-state index in [1.807, 2.05) is 54.6 Å². The van der Waals surface area contributed by atoms with Gasteiger partial charge in [-0.3, -0.25) is 0 Å². The van der Waals surface area contributed by atoms with E-state index in [-0.39, 0.29) is 0 Å². The third-order valence-corrected chi connectivity index (χ3v) is 6.64. The largest absolute Gasteiger partial charge is 0.456 e. The van der Waals surface area contributed by atoms with Gasteiger partial charge in [0.1, 0.15) is 22.3 Å². The first-order valence-corrected chi connectivity index (χ1v) is 11.5. The van der Waals surface area contributed by atoms with Gasteiger partial charge in [-0.1, -0.05) is 54.1 Å². The minimum Gasteiger partial charge on any atom is -0.456 e. The van der Waals surface area contributed by atoms with Gasteiger partial charge in [0.2, 0.25) is 0 Å². The first kappa shape index (κ1) is 19.3. The summed E-state index contributed by atoms with van der Waals surface area (Å²) in [6.45, 7) is 0. The number of nitrogens with zero attached hydrogens (tertiary/aromatic N) is 1. The molecule has 0 aliphatic heterocycles. The van der Waals surface area contributed by atoms with Crippen molar-refractivity contribution in [1.82, 2.24) is 0 Å². The zero-order valence-electron chi connectivity index (χ0n) is 18.0. The lowest BCUT2D eigenvalue weighted by molar-refractivity contribution is 0.669. The van der Waals surface area contributed by atoms with E-state index in [9.17, 15) is 0 Å². The van der Waals surface area contributed by atoms with Crippen LogP contribution in [0, 0.1) is 0 Å². The molecule has 0 saturated heterocycles. The zero-order valence-corrected chi connectivity index (χ0v) is 18.8. The van der Waals surface area contributed by atoms with Crippen LogP contribution in [0.4, 0.5) is 17.1 Å². The van der Waals surface area contributed by atoms with Gasteiger partial charge in [-0.05, 0) is 54.6 Å². The number of furan rings is 2. The number of anilines is 3. The molecule has 0 spiro atoms. The highest BCUT2D eigenvalue weighted by Gasteiger charge is 2.17. The van der Waals surface area contributed by atoms with Crippen molar-refractivity contribution < 1.29 is 8.83 Å². The number of para-hydroxylation sites is 2. The Morgan fingerprint density at radius 2 is 1.09 bits per heavy atom. The molecular formula is C30H18ClNO2. The Morgan fingerprint density at radius 1 is 0.471 bits per heavy atom. The molecule has 5 aromatic carbocycles. The molecule has 34 heavy (non-hydrogen) atoms. The number of hydrogen-bond donors (Lipinski definition) is 0. The fraction of sp³-hybridized carbons (Fsp3) is 0. The Kier molecular flexibility index (Phi) is 4.20. The Bertz CT molecular complexity index is 1830. The van der Waals surface area contributed by atoms with E-state index in [4.69, 9.17) is 20.4 Å². The van der Waals surface area contributed by atoms with Crippen LogP contribution in [0.2, 0.25) is 5.02 Å². The van der Waals surface area contributed by atoms with E-state index in [0.717, 1.165) is 60.9 Å². The fourth-order valence-corrected chi connectivity index (χ4v) is 5.06. The summed E-state index contributed by atoms with van der Waals surface area (Å²) >= 11 is 6.48. The van der Waals surface area contributed by atoms with Crippen LogP contribution in [-0.4, -0.2) is 0 Å². The van der Waals surface area contributed by atoms with Crippen molar-refractivity contribution in [3.05, 3.63) is 114 Å². The highest BCUT2D eigenvalue weighted by molar-refractivity contribution is 6.37. The summed E-state index contributed by atoms with van der Waals surface area (Å²) in [7, 11) is 0. The van der Waals surface area contributed by atoms with Gasteiger partial charge >= 0.3 is 0 Å². The summed E-state index contributed by atoms with van der Waals surface area (Å²) in [5.74, 6) is 0. The average Bonchev–Trinajstić information content (AvgIpc) is 3.43. The molecule has 4 heteroatoms. The maximum Gasteiger partial charge on any atom is 0.137 e. The van der Waals surface area contributed by atoms with Crippen LogP contribution in [-0.2, 0) is 0 Å². The molecule has 0 saturated carbocycles. The summed E-state index contributed by atoms with van der Waals surface area (Å²) in [5, 5.41) is 4.87. The fourth-order valence-electron chi connectivity index (χ4n) is 4.79. The van der Waals surface area contributed by atoms with E-state index in [1.165, 1.54) is 0 Å². The predicted octanol–water partition coefficient (Wildman–Crippen LogP) is 9.61. The van der Waals surface area contributed by atoms with Crippen LogP contribution < -0.4 is 4.90 Å². The molecule has 162 valence electrons. The zero-order chi connectivity index (χ0) is 22.6. The van der Waals surface area contributed by atoms with Crippen LogP contribution in [0.25, 0.3) is 43.9 Å². The quantitative estimate of drug-likeness (QED) is 0.263. The lowest BCUT2D eigenvalue weighted by Gasteiger charge is -2.25. The molecule has 2 heterocycles. The highest BCUT2D eigenvalue weighted by Crippen LogP contribution is 2.41. The molecule has 7 rings (SSSR count). The molecule has 0 radical (unpaired) electrons. The standard InChI is InChI=1S/C30H18ClNO2/c31-25-10-6-12-27-30(25)24-16-14-21(18-29(24)34-27)32(19-7-2-1-3-8-19)20-13-15-23-22-9-4-5-11-26(22)33-28(23)17-20/h1-18H. The second-order valence-corrected chi connectivity index (χ2v) is 8.75. The maximum absolute atomic E-state index is 6.48. The number of fused-ring (bicyclic) bond motifs is 6. The van der Waals surface area contributed by atoms with E-state index in [1.54, 1.807) is 0 Å². The lowest BCUT2D eigenvalue weighted by atomic mass is 10.1. The van der Waals surface area contributed by atoms with Crippen molar-refractivity contribution in [1.29, 1.82) is 0 Å². The normalized spacial score (nSPS) is 11.7. The number of benzene rings is 5. The molecular weight excluding hydrogens is 442 g/mol. The molecule has 0 unspecified atom stereocenters. The topological polar surface area (TPSA) is 29.5 Å². The molecule has 0 bridgehead atoms. The van der Waals surface area contributed by atoms with Crippen LogP contribution >= 0.6 is 11.6 Å². The predicted molar refractivity (Wildman–Crippen MR) is 141 cm³/mol. The van der Waals surface area contributed by atoms with Crippen molar-refractivity contribution in [2.45, 2.75) is 0 Å². The molecule has 7 aromatic rings. The minimum absolute atomic E-state index is 0.694. The van der Waals surface area contributed by atoms with Crippen LogP contribution in [0.5, 0.6) is 0 Å². The van der Waals surface area contributed by atoms with Gasteiger partial charge in [0.15, 0.2) is 0 Å². The minimum atomic E-state index is 0.694. The van der Waals surface area contributed by atoms with Gasteiger partial charge in [0.05, 0.1) is 5.02 Å². The second kappa shape index (κ2) is 7.41. The van der Waals surface area contributed by atoms with Gasteiger partial charge in [-0.15, -0.1) is 0 Å². The maximum atomic E-state index is 6.48. The SMILES string of the molecule is Clc1cccc2oc3cc(N(c4ccccc4)c4ccc5c(c4)oc4ccccc45)ccc3c12. The molecule has 0 aliphatic rings. The Morgan fingerprint density at radius 3 is 1.91 bits per heavy atom. The molecule has 0 aliphatic carbocycles. The van der Waals surface area contributed by atoms with Crippen LogP contribution in [0.1, 0.15) is 0 Å². The third-order valence-electron chi connectivity index (χ3n) is 6.32. The summed E-state index contributed by atoms with van der Waals surface area (Å²) in [6.07, 6.45) is 0. The smallest absolute Gasteiger partial charge is 0.137 e. The summed E-state index contributed by atoms with van der Waals surface area (Å²) in [4.78, 5) is 2.21. The number of halogens is 1. The van der Waals surface area contributed by atoms with Gasteiger partial charge < -0.3 is 13.7 Å². The van der Waals surface area contributed by atoms with Crippen molar-refractivity contribution in [2.24, 2.45) is 0 Å². The molecule has 2 aromatic heterocycles. The molecule has 3 nitrogen and oxygen atoms in total. The first-order chi connectivity index (χ1) is 16.8. The highest BCUT2D eigenvalue weighted by atomic mass is 35.5. The molecule has 0 amide bonds. The number of hydrogen-bond acceptors (Lipinski definition) is 3. The van der Waals surface area contributed by atoms with E-state index in [2.05, 4.69) is 59.5 Å². The van der Waals surface area contributed by atoms with Crippen molar-refractivity contribution >= 4 is 72.5 Å². The Labute approximate surface area is 200 Å². The average molecular weight is 460 g/mol. The summed E-state index contributed by atoms with van der Waals surface area (Å²) in [5.41, 5.74) is 6.38. The summed E-state index contributed by atoms with van der Waals surface area (Å²) < 4.78 is 12.4. The van der Waals surface area contributed by atoms with E-state index >= 15 is 0 Å². The van der Waals surface area contributed by atoms with Gasteiger partial charge in [-0.25, -0.2) is 0 Å². The molecule has 0 fully saturated rings. The van der Waals surface area contributed by atoms with Crippen molar-refractivity contribution in [2.75, 3.05) is 4.90 Å². The van der Waals surface area contributed by atoms with Crippen LogP contribution in [0.15, 0.2) is 118 Å². The monoisotopic (exact) mass is 459 g/mol. The van der Waals surface area contributed by atoms with Gasteiger partial charge in [-0.2, -0.15) is 0 Å². The molecule has 0 atom stereocenters. The van der Waals surface area contributed by atoms with E-state index < -0.39 is 0 Å². The van der Waals surface area contributed by atoms with Crippen LogP contribution in [0.3, 0.4) is 0 Å². The second-order valence-electron chi connectivity index (χ2n) is 8.35. The number of rotatable bonds is 3. The Balaban J connectivity index is 1.45. The van der Waals surface area contributed by atoms with Gasteiger partial charge in [0, 0.05) is 50.7 Å². The van der Waals surface area contributed by atoms with E-state index in [0.29, 0.717) is 5.02 Å². The molecule has 0 N–H and O–H groups in total. The third kappa shape index (κ3) is 2.91. The summed E-state index contributed by atoms with van der Waals surface area (Å²) in [6, 6.07) is 36.8. The van der Waals surface area contributed by atoms with Crippen molar-refractivity contribution in [3.8, 4) is 0 Å². The van der Waals surface area contributed by atoms with Crippen molar-refractivity contribution in [3.63, 3.8) is 0 Å². The lowest BCUT2D eigenvalue weighted by Crippen LogP contribution is -2.09. The first-order valence-electron chi connectivity index (χ1n) is 11.1. The van der Waals surface area contributed by atoms with Gasteiger partial charge in [0.25, 0.3) is 0 Å². The Hall–Kier alpha value is -4.21.